The summed E-state index contributed by atoms with van der Waals surface area (Å²) in [4.78, 5) is 31.4. The number of anilines is 1. The van der Waals surface area contributed by atoms with Gasteiger partial charge in [0.05, 0.1) is 17.9 Å². The van der Waals surface area contributed by atoms with Crippen LogP contribution in [-0.2, 0) is 17.6 Å². The highest BCUT2D eigenvalue weighted by Crippen LogP contribution is 2.35. The number of alkyl halides is 3. The van der Waals surface area contributed by atoms with Crippen LogP contribution in [-0.4, -0.2) is 53.0 Å². The Bertz CT molecular complexity index is 1410. The fourth-order valence-corrected chi connectivity index (χ4v) is 4.53. The van der Waals surface area contributed by atoms with E-state index in [0.29, 0.717) is 11.3 Å². The van der Waals surface area contributed by atoms with Crippen molar-refractivity contribution < 1.29 is 32.6 Å². The van der Waals surface area contributed by atoms with E-state index in [9.17, 15) is 22.8 Å². The van der Waals surface area contributed by atoms with E-state index in [-0.39, 0.29) is 50.9 Å². The number of carbonyl (C=O) groups excluding carboxylic acids is 1. The molecule has 10 heteroatoms. The number of carboxylic acids is 1. The van der Waals surface area contributed by atoms with Crippen LogP contribution in [0, 0.1) is 11.8 Å². The Hall–Kier alpha value is -4.52. The van der Waals surface area contributed by atoms with E-state index >= 15 is 0 Å². The predicted octanol–water partition coefficient (Wildman–Crippen LogP) is 5.22. The Morgan fingerprint density at radius 3 is 2.42 bits per heavy atom. The minimum absolute atomic E-state index is 0.0886. The van der Waals surface area contributed by atoms with Gasteiger partial charge in [-0.05, 0) is 54.4 Å². The van der Waals surface area contributed by atoms with Gasteiger partial charge >= 0.3 is 12.1 Å². The van der Waals surface area contributed by atoms with E-state index in [1.165, 1.54) is 12.3 Å². The molecule has 1 aromatic heterocycles. The summed E-state index contributed by atoms with van der Waals surface area (Å²) < 4.78 is 46.0. The first kappa shape index (κ1) is 28.5. The summed E-state index contributed by atoms with van der Waals surface area (Å²) >= 11 is 0. The number of carbonyl (C=O) groups is 2. The van der Waals surface area contributed by atoms with Crippen molar-refractivity contribution in [1.82, 2.24) is 9.88 Å². The number of rotatable bonds is 8. The Morgan fingerprint density at radius 2 is 1.77 bits per heavy atom. The second-order valence-electron chi connectivity index (χ2n) is 9.25. The predicted molar refractivity (Wildman–Crippen MR) is 143 cm³/mol. The second-order valence-corrected chi connectivity index (χ2v) is 9.25. The van der Waals surface area contributed by atoms with Crippen LogP contribution in [0.2, 0.25) is 0 Å². The summed E-state index contributed by atoms with van der Waals surface area (Å²) in [5, 5.41) is 9.12. The van der Waals surface area contributed by atoms with Crippen LogP contribution in [0.5, 0.6) is 5.75 Å². The van der Waals surface area contributed by atoms with Crippen molar-refractivity contribution in [2.45, 2.75) is 32.0 Å². The van der Waals surface area contributed by atoms with Crippen molar-refractivity contribution >= 4 is 17.7 Å². The van der Waals surface area contributed by atoms with Crippen LogP contribution in [0.3, 0.4) is 0 Å². The van der Waals surface area contributed by atoms with Crippen LogP contribution in [0.4, 0.5) is 19.0 Å². The molecule has 1 aliphatic heterocycles. The zero-order chi connectivity index (χ0) is 28.7. The number of piperazine rings is 1. The molecular weight excluding hydrogens is 523 g/mol. The number of ether oxygens (including phenoxy) is 1. The lowest BCUT2D eigenvalue weighted by Crippen LogP contribution is -2.49. The molecule has 0 spiro atoms. The molecule has 0 radical (unpaired) electrons. The molecular formula is C30H28F3N3O4. The molecule has 1 unspecified atom stereocenters. The zero-order valence-electron chi connectivity index (χ0n) is 21.8. The highest BCUT2D eigenvalue weighted by atomic mass is 19.4. The third-order valence-corrected chi connectivity index (χ3v) is 6.52. The van der Waals surface area contributed by atoms with Gasteiger partial charge in [-0.3, -0.25) is 9.59 Å². The molecule has 7 nitrogen and oxygen atoms in total. The van der Waals surface area contributed by atoms with E-state index in [4.69, 9.17) is 9.84 Å². The molecule has 1 atom stereocenters. The first-order valence-electron chi connectivity index (χ1n) is 12.7. The van der Waals surface area contributed by atoms with Crippen molar-refractivity contribution in [3.05, 3.63) is 89.1 Å². The molecule has 2 heterocycles. The van der Waals surface area contributed by atoms with Gasteiger partial charge in [-0.25, -0.2) is 4.98 Å². The molecule has 2 aromatic carbocycles. The van der Waals surface area contributed by atoms with Gasteiger partial charge in [-0.2, -0.15) is 13.2 Å². The Balaban J connectivity index is 1.35. The van der Waals surface area contributed by atoms with Crippen LogP contribution < -0.4 is 9.64 Å². The van der Waals surface area contributed by atoms with Gasteiger partial charge in [0.25, 0.3) is 5.91 Å². The third kappa shape index (κ3) is 7.11. The molecule has 1 N–H and O–H groups in total. The molecule has 0 bridgehead atoms. The second kappa shape index (κ2) is 12.6. The van der Waals surface area contributed by atoms with Crippen molar-refractivity contribution in [2.75, 3.05) is 31.1 Å². The van der Waals surface area contributed by atoms with E-state index in [0.717, 1.165) is 17.2 Å². The largest absolute Gasteiger partial charge is 0.489 e. The minimum Gasteiger partial charge on any atom is -0.489 e. The van der Waals surface area contributed by atoms with E-state index < -0.39 is 23.6 Å². The van der Waals surface area contributed by atoms with Gasteiger partial charge in [0.2, 0.25) is 0 Å². The molecule has 1 fully saturated rings. The number of pyridine rings is 1. The molecule has 0 saturated carbocycles. The number of carboxylic acid groups (broad SMARTS) is 1. The topological polar surface area (TPSA) is 83.0 Å². The quantitative estimate of drug-likeness (QED) is 0.387. The highest BCUT2D eigenvalue weighted by molar-refractivity contribution is 5.94. The maximum Gasteiger partial charge on any atom is 0.419 e. The maximum absolute atomic E-state index is 13.4. The zero-order valence-corrected chi connectivity index (χ0v) is 21.8. The minimum atomic E-state index is -4.51. The van der Waals surface area contributed by atoms with Crippen molar-refractivity contribution in [3.63, 3.8) is 0 Å². The van der Waals surface area contributed by atoms with Gasteiger partial charge in [-0.1, -0.05) is 30.2 Å². The van der Waals surface area contributed by atoms with Crippen LogP contribution in [0.1, 0.15) is 46.3 Å². The lowest BCUT2D eigenvalue weighted by molar-refractivity contribution is -0.138. The average molecular weight is 552 g/mol. The smallest absolute Gasteiger partial charge is 0.419 e. The number of nitrogens with zero attached hydrogens (tertiary/aromatic N) is 3. The molecule has 1 aliphatic rings. The summed E-state index contributed by atoms with van der Waals surface area (Å²) in [6.07, 6.45) is -3.26. The van der Waals surface area contributed by atoms with Gasteiger partial charge in [0.1, 0.15) is 18.2 Å². The molecule has 0 aliphatic carbocycles. The van der Waals surface area contributed by atoms with Gasteiger partial charge in [0.15, 0.2) is 0 Å². The third-order valence-electron chi connectivity index (χ3n) is 6.52. The molecule has 4 rings (SSSR count). The first-order chi connectivity index (χ1) is 19.2. The highest BCUT2D eigenvalue weighted by Gasteiger charge is 2.36. The number of hydrogen-bond donors (Lipinski definition) is 1. The fraction of sp³-hybridized carbons (Fsp3) is 0.300. The summed E-state index contributed by atoms with van der Waals surface area (Å²) in [5.74, 6) is 4.61. The van der Waals surface area contributed by atoms with Gasteiger partial charge in [-0.15, -0.1) is 5.92 Å². The Labute approximate surface area is 230 Å². The SMILES string of the molecule is CC#CC(CC(=O)O)c1ccc(OCc2cccc(C(=O)N3CCN(c4ncccc4C(F)(F)F)CC3)c2)cc1. The number of hydrogen-bond acceptors (Lipinski definition) is 5. The van der Waals surface area contributed by atoms with E-state index in [2.05, 4.69) is 16.8 Å². The van der Waals surface area contributed by atoms with Crippen LogP contribution in [0.15, 0.2) is 66.9 Å². The number of benzene rings is 2. The summed E-state index contributed by atoms with van der Waals surface area (Å²) in [6, 6.07) is 16.4. The lowest BCUT2D eigenvalue weighted by atomic mass is 9.96. The molecule has 40 heavy (non-hydrogen) atoms. The summed E-state index contributed by atoms with van der Waals surface area (Å²) in [6.45, 7) is 2.89. The molecule has 208 valence electrons. The van der Waals surface area contributed by atoms with Crippen LogP contribution in [0.25, 0.3) is 0 Å². The van der Waals surface area contributed by atoms with Crippen molar-refractivity contribution in [2.24, 2.45) is 0 Å². The molecule has 3 aromatic rings. The van der Waals surface area contributed by atoms with Gasteiger partial charge < -0.3 is 19.6 Å². The first-order valence-corrected chi connectivity index (χ1v) is 12.7. The van der Waals surface area contributed by atoms with Crippen LogP contribution >= 0.6 is 0 Å². The normalized spacial score (nSPS) is 14.2. The summed E-state index contributed by atoms with van der Waals surface area (Å²) in [7, 11) is 0. The standard InChI is InChI=1S/C30H28F3N3O4/c1-2-5-23(19-27(37)38)22-9-11-25(12-10-22)40-20-21-6-3-7-24(18-21)29(39)36-16-14-35(15-17-36)28-26(30(31,32)33)8-4-13-34-28/h3-4,6-13,18,23H,14-17,19-20H2,1H3,(H,37,38). The molecule has 1 saturated heterocycles. The molecule has 1 amide bonds. The van der Waals surface area contributed by atoms with E-state index in [1.807, 2.05) is 6.07 Å². The Kier molecular flexibility index (Phi) is 8.94. The number of aromatic nitrogens is 1. The van der Waals surface area contributed by atoms with Crippen molar-refractivity contribution in [1.29, 1.82) is 0 Å². The Morgan fingerprint density at radius 1 is 1.05 bits per heavy atom. The van der Waals surface area contributed by atoms with E-state index in [1.54, 1.807) is 59.2 Å². The monoisotopic (exact) mass is 551 g/mol. The number of halogens is 3. The average Bonchev–Trinajstić information content (AvgIpc) is 2.95. The fourth-order valence-electron chi connectivity index (χ4n) is 4.53. The van der Waals surface area contributed by atoms with Gasteiger partial charge in [0, 0.05) is 37.9 Å². The maximum atomic E-state index is 13.4. The number of aliphatic carboxylic acids is 1. The lowest BCUT2D eigenvalue weighted by Gasteiger charge is -2.36. The van der Waals surface area contributed by atoms with Crippen molar-refractivity contribution in [3.8, 4) is 17.6 Å². The number of amides is 1. The summed E-state index contributed by atoms with van der Waals surface area (Å²) in [5.41, 5.74) is 1.24.